The van der Waals surface area contributed by atoms with Crippen molar-refractivity contribution in [2.45, 2.75) is 19.4 Å². The highest BCUT2D eigenvalue weighted by atomic mass is 79.9. The van der Waals surface area contributed by atoms with Gasteiger partial charge in [-0.2, -0.15) is 0 Å². The predicted octanol–water partition coefficient (Wildman–Crippen LogP) is 4.01. The maximum Gasteiger partial charge on any atom is 0.0298 e. The van der Waals surface area contributed by atoms with Crippen molar-refractivity contribution >= 4 is 26.7 Å². The van der Waals surface area contributed by atoms with Crippen LogP contribution in [0, 0.1) is 0 Å². The molecule has 0 heterocycles. The van der Waals surface area contributed by atoms with E-state index in [9.17, 15) is 0 Å². The molecule has 2 aromatic rings. The number of hydrogen-bond donors (Lipinski definition) is 1. The summed E-state index contributed by atoms with van der Waals surface area (Å²) in [5, 5.41) is 2.49. The van der Waals surface area contributed by atoms with E-state index in [1.54, 1.807) is 0 Å². The van der Waals surface area contributed by atoms with E-state index >= 15 is 0 Å². The van der Waals surface area contributed by atoms with E-state index in [4.69, 9.17) is 5.73 Å². The Hall–Kier alpha value is -0.860. The summed E-state index contributed by atoms with van der Waals surface area (Å²) in [6, 6.07) is 12.7. The fourth-order valence-electron chi connectivity index (χ4n) is 1.83. The Morgan fingerprint density at radius 3 is 2.47 bits per heavy atom. The third kappa shape index (κ3) is 1.92. The van der Waals surface area contributed by atoms with E-state index < -0.39 is 0 Å². The van der Waals surface area contributed by atoms with E-state index in [1.807, 2.05) is 6.07 Å². The second-order valence-corrected chi connectivity index (χ2v) is 4.55. The van der Waals surface area contributed by atoms with Gasteiger partial charge in [-0.15, -0.1) is 0 Å². The summed E-state index contributed by atoms with van der Waals surface area (Å²) in [6.07, 6.45) is 0.964. The van der Waals surface area contributed by atoms with Gasteiger partial charge in [0.25, 0.3) is 0 Å². The van der Waals surface area contributed by atoms with Crippen LogP contribution in [0.3, 0.4) is 0 Å². The van der Waals surface area contributed by atoms with Crippen LogP contribution in [0.25, 0.3) is 10.8 Å². The molecule has 2 rings (SSSR count). The average Bonchev–Trinajstić information content (AvgIpc) is 2.29. The van der Waals surface area contributed by atoms with Gasteiger partial charge in [-0.3, -0.25) is 0 Å². The van der Waals surface area contributed by atoms with E-state index in [2.05, 4.69) is 53.2 Å². The number of nitrogens with two attached hydrogens (primary N) is 1. The van der Waals surface area contributed by atoms with Gasteiger partial charge in [-0.1, -0.05) is 53.2 Å². The molecule has 0 spiro atoms. The van der Waals surface area contributed by atoms with E-state index in [0.717, 1.165) is 10.9 Å². The Morgan fingerprint density at radius 2 is 1.80 bits per heavy atom. The van der Waals surface area contributed by atoms with Crippen LogP contribution in [0.15, 0.2) is 40.9 Å². The molecule has 2 heteroatoms. The molecule has 0 aromatic heterocycles. The summed E-state index contributed by atoms with van der Waals surface area (Å²) in [5.41, 5.74) is 7.33. The van der Waals surface area contributed by atoms with Crippen molar-refractivity contribution in [3.05, 3.63) is 46.4 Å². The third-order valence-corrected chi connectivity index (χ3v) is 3.44. The zero-order valence-electron chi connectivity index (χ0n) is 8.70. The molecule has 0 aliphatic carbocycles. The minimum Gasteiger partial charge on any atom is -0.324 e. The van der Waals surface area contributed by atoms with Gasteiger partial charge in [0, 0.05) is 10.5 Å². The molecule has 78 valence electrons. The van der Waals surface area contributed by atoms with E-state index in [0.29, 0.717) is 0 Å². The Bertz CT molecular complexity index is 479. The van der Waals surface area contributed by atoms with Crippen molar-refractivity contribution in [2.75, 3.05) is 0 Å². The van der Waals surface area contributed by atoms with Gasteiger partial charge in [0.1, 0.15) is 0 Å². The van der Waals surface area contributed by atoms with Gasteiger partial charge in [-0.25, -0.2) is 0 Å². The van der Waals surface area contributed by atoms with Gasteiger partial charge >= 0.3 is 0 Å². The zero-order chi connectivity index (χ0) is 10.8. The summed E-state index contributed by atoms with van der Waals surface area (Å²) in [7, 11) is 0. The molecule has 0 radical (unpaired) electrons. The Kier molecular flexibility index (Phi) is 3.08. The molecule has 0 aliphatic rings. The van der Waals surface area contributed by atoms with Crippen LogP contribution in [-0.2, 0) is 0 Å². The van der Waals surface area contributed by atoms with Crippen molar-refractivity contribution in [1.82, 2.24) is 0 Å². The topological polar surface area (TPSA) is 26.0 Å². The SMILES string of the molecule is CC[C@H](N)c1ccc(Br)c2ccccc12. The molecule has 0 saturated heterocycles. The van der Waals surface area contributed by atoms with Crippen LogP contribution in [0.1, 0.15) is 24.9 Å². The number of fused-ring (bicyclic) bond motifs is 1. The Morgan fingerprint density at radius 1 is 1.13 bits per heavy atom. The highest BCUT2D eigenvalue weighted by Crippen LogP contribution is 2.30. The molecule has 2 aromatic carbocycles. The highest BCUT2D eigenvalue weighted by Gasteiger charge is 2.08. The quantitative estimate of drug-likeness (QED) is 0.871. The smallest absolute Gasteiger partial charge is 0.0298 e. The lowest BCUT2D eigenvalue weighted by molar-refractivity contribution is 0.704. The van der Waals surface area contributed by atoms with Gasteiger partial charge < -0.3 is 5.73 Å². The van der Waals surface area contributed by atoms with Crippen molar-refractivity contribution < 1.29 is 0 Å². The third-order valence-electron chi connectivity index (χ3n) is 2.74. The number of hydrogen-bond acceptors (Lipinski definition) is 1. The summed E-state index contributed by atoms with van der Waals surface area (Å²) >= 11 is 3.56. The summed E-state index contributed by atoms with van der Waals surface area (Å²) in [4.78, 5) is 0. The molecule has 0 aliphatic heterocycles. The lowest BCUT2D eigenvalue weighted by Gasteiger charge is -2.13. The van der Waals surface area contributed by atoms with Crippen LogP contribution < -0.4 is 5.73 Å². The van der Waals surface area contributed by atoms with Crippen molar-refractivity contribution in [3.63, 3.8) is 0 Å². The standard InChI is InChI=1S/C13H14BrN/c1-2-13(15)11-7-8-12(14)10-6-4-3-5-9(10)11/h3-8,13H,2,15H2,1H3/t13-/m0/s1. The van der Waals surface area contributed by atoms with Crippen molar-refractivity contribution in [2.24, 2.45) is 5.73 Å². The monoisotopic (exact) mass is 263 g/mol. The summed E-state index contributed by atoms with van der Waals surface area (Å²) in [5.74, 6) is 0. The van der Waals surface area contributed by atoms with E-state index in [-0.39, 0.29) is 6.04 Å². The first-order chi connectivity index (χ1) is 7.24. The normalized spacial score (nSPS) is 13.0. The van der Waals surface area contributed by atoms with Gasteiger partial charge in [0.2, 0.25) is 0 Å². The first kappa shape index (κ1) is 10.7. The Balaban J connectivity index is 2.71. The molecule has 1 nitrogen and oxygen atoms in total. The van der Waals surface area contributed by atoms with Crippen LogP contribution >= 0.6 is 15.9 Å². The van der Waals surface area contributed by atoms with Crippen molar-refractivity contribution in [3.8, 4) is 0 Å². The highest BCUT2D eigenvalue weighted by molar-refractivity contribution is 9.10. The number of benzene rings is 2. The maximum absolute atomic E-state index is 6.10. The lowest BCUT2D eigenvalue weighted by Crippen LogP contribution is -2.08. The lowest BCUT2D eigenvalue weighted by atomic mass is 9.98. The fourth-order valence-corrected chi connectivity index (χ4v) is 2.31. The van der Waals surface area contributed by atoms with Crippen molar-refractivity contribution in [1.29, 1.82) is 0 Å². The molecular formula is C13H14BrN. The van der Waals surface area contributed by atoms with E-state index in [1.165, 1.54) is 16.3 Å². The molecular weight excluding hydrogens is 250 g/mol. The molecule has 15 heavy (non-hydrogen) atoms. The fraction of sp³-hybridized carbons (Fsp3) is 0.231. The van der Waals surface area contributed by atoms with Gasteiger partial charge in [0.05, 0.1) is 0 Å². The first-order valence-electron chi connectivity index (χ1n) is 5.16. The Labute approximate surface area is 98.4 Å². The molecule has 0 fully saturated rings. The zero-order valence-corrected chi connectivity index (χ0v) is 10.3. The first-order valence-corrected chi connectivity index (χ1v) is 5.96. The van der Waals surface area contributed by atoms with Crippen LogP contribution in [0.4, 0.5) is 0 Å². The van der Waals surface area contributed by atoms with Gasteiger partial charge in [0.15, 0.2) is 0 Å². The maximum atomic E-state index is 6.10. The number of halogens is 1. The van der Waals surface area contributed by atoms with Crippen LogP contribution in [0.5, 0.6) is 0 Å². The predicted molar refractivity (Wildman–Crippen MR) is 68.9 cm³/mol. The molecule has 0 bridgehead atoms. The second-order valence-electron chi connectivity index (χ2n) is 3.70. The minimum atomic E-state index is 0.128. The molecule has 0 saturated carbocycles. The summed E-state index contributed by atoms with van der Waals surface area (Å²) < 4.78 is 1.13. The molecule has 0 amide bonds. The van der Waals surface area contributed by atoms with Crippen LogP contribution in [-0.4, -0.2) is 0 Å². The average molecular weight is 264 g/mol. The second kappa shape index (κ2) is 4.33. The molecule has 1 atom stereocenters. The van der Waals surface area contributed by atoms with Crippen LogP contribution in [0.2, 0.25) is 0 Å². The van der Waals surface area contributed by atoms with Gasteiger partial charge in [-0.05, 0) is 28.8 Å². The minimum absolute atomic E-state index is 0.128. The largest absolute Gasteiger partial charge is 0.324 e. The molecule has 2 N–H and O–H groups in total. The molecule has 0 unspecified atom stereocenters. The summed E-state index contributed by atoms with van der Waals surface area (Å²) in [6.45, 7) is 2.11. The number of rotatable bonds is 2.